The minimum absolute atomic E-state index is 0.00169. The molecule has 0 amide bonds. The third kappa shape index (κ3) is 10.5. The number of aliphatic hydroxyl groups excluding tert-OH is 1. The van der Waals surface area contributed by atoms with Crippen molar-refractivity contribution in [2.45, 2.75) is 105 Å². The minimum atomic E-state index is -0.318. The highest BCUT2D eigenvalue weighted by Gasteiger charge is 2.39. The van der Waals surface area contributed by atoms with Gasteiger partial charge in [0.2, 0.25) is 0 Å². The second-order valence-electron chi connectivity index (χ2n) is 9.51. The Morgan fingerprint density at radius 3 is 2.33 bits per heavy atom. The molecule has 1 fully saturated rings. The number of rotatable bonds is 10. The highest BCUT2D eigenvalue weighted by molar-refractivity contribution is 5.71. The molecule has 4 nitrogen and oxygen atoms in total. The zero-order chi connectivity index (χ0) is 24.5. The molecule has 1 saturated carbocycles. The zero-order valence-electron chi connectivity index (χ0n) is 22.0. The van der Waals surface area contributed by atoms with Crippen molar-refractivity contribution in [3.8, 4) is 5.75 Å². The van der Waals surface area contributed by atoms with Crippen LogP contribution in [0.5, 0.6) is 5.75 Å². The van der Waals surface area contributed by atoms with Crippen molar-refractivity contribution in [1.29, 1.82) is 0 Å². The summed E-state index contributed by atoms with van der Waals surface area (Å²) >= 11 is 0. The van der Waals surface area contributed by atoms with Crippen LogP contribution < -0.4 is 4.74 Å². The Bertz CT molecular complexity index is 641. The summed E-state index contributed by atoms with van der Waals surface area (Å²) in [4.78, 5) is 11.4. The molecule has 0 aliphatic heterocycles. The van der Waals surface area contributed by atoms with Crippen molar-refractivity contribution in [2.75, 3.05) is 20.3 Å². The molecule has 0 aromatic heterocycles. The van der Waals surface area contributed by atoms with E-state index in [4.69, 9.17) is 14.6 Å². The van der Waals surface area contributed by atoms with Crippen LogP contribution in [-0.4, -0.2) is 31.4 Å². The van der Waals surface area contributed by atoms with Gasteiger partial charge in [-0.15, -0.1) is 0 Å². The Morgan fingerprint density at radius 2 is 1.67 bits per heavy atom. The van der Waals surface area contributed by atoms with Gasteiger partial charge in [-0.05, 0) is 67.6 Å². The first-order chi connectivity index (χ1) is 16.1. The summed E-state index contributed by atoms with van der Waals surface area (Å²) in [5.74, 6) is 3.13. The Balaban J connectivity index is 0.000000819. The zero-order valence-corrected chi connectivity index (χ0v) is 22.0. The molecule has 0 radical (unpaired) electrons. The van der Waals surface area contributed by atoms with E-state index >= 15 is 0 Å². The first-order valence-corrected chi connectivity index (χ1v) is 13.5. The molecule has 4 heteroatoms. The predicted octanol–water partition coefficient (Wildman–Crippen LogP) is 7.14. The molecule has 1 aromatic rings. The van der Waals surface area contributed by atoms with Crippen molar-refractivity contribution in [2.24, 2.45) is 17.8 Å². The van der Waals surface area contributed by atoms with Gasteiger partial charge < -0.3 is 14.6 Å². The molecule has 33 heavy (non-hydrogen) atoms. The maximum Gasteiger partial charge on any atom is 0.343 e. The van der Waals surface area contributed by atoms with Crippen LogP contribution >= 0.6 is 0 Å². The number of hydrogen-bond donors (Lipinski definition) is 1. The molecule has 1 unspecified atom stereocenters. The normalized spacial score (nSPS) is 20.4. The van der Waals surface area contributed by atoms with Gasteiger partial charge in [0.05, 0.1) is 7.11 Å². The molecular formula is C29H50O4. The molecule has 1 aromatic carbocycles. The number of esters is 1. The van der Waals surface area contributed by atoms with Crippen LogP contribution in [0.2, 0.25) is 0 Å². The fraction of sp³-hybridized carbons (Fsp3) is 0.759. The summed E-state index contributed by atoms with van der Waals surface area (Å²) in [6, 6.07) is 6.34. The summed E-state index contributed by atoms with van der Waals surface area (Å²) in [5, 5.41) is 7.57. The first-order valence-electron chi connectivity index (χ1n) is 13.5. The molecule has 1 N–H and O–H groups in total. The van der Waals surface area contributed by atoms with Crippen LogP contribution in [-0.2, 0) is 22.4 Å². The van der Waals surface area contributed by atoms with Crippen molar-refractivity contribution in [3.63, 3.8) is 0 Å². The molecular weight excluding hydrogens is 412 g/mol. The maximum absolute atomic E-state index is 11.4. The van der Waals surface area contributed by atoms with Gasteiger partial charge in [0.15, 0.2) is 6.61 Å². The van der Waals surface area contributed by atoms with E-state index in [9.17, 15) is 4.79 Å². The number of methoxy groups -OCH3 is 1. The largest absolute Gasteiger partial charge is 0.482 e. The number of ether oxygens (including phenoxy) is 2. The van der Waals surface area contributed by atoms with Crippen LogP contribution in [0.1, 0.15) is 103 Å². The fourth-order valence-corrected chi connectivity index (χ4v) is 5.25. The molecule has 0 heterocycles. The van der Waals surface area contributed by atoms with E-state index in [2.05, 4.69) is 32.9 Å². The van der Waals surface area contributed by atoms with Gasteiger partial charge in [0.25, 0.3) is 0 Å². The first kappa shape index (κ1) is 29.5. The van der Waals surface area contributed by atoms with E-state index in [1.54, 1.807) is 6.92 Å². The summed E-state index contributed by atoms with van der Waals surface area (Å²) in [6.45, 7) is 8.47. The average molecular weight is 463 g/mol. The quantitative estimate of drug-likeness (QED) is 0.296. The maximum atomic E-state index is 11.4. The lowest BCUT2D eigenvalue weighted by atomic mass is 9.73. The summed E-state index contributed by atoms with van der Waals surface area (Å²) in [5.41, 5.74) is 2.77. The molecule has 3 atom stereocenters. The van der Waals surface area contributed by atoms with Gasteiger partial charge in [-0.25, -0.2) is 4.79 Å². The average Bonchev–Trinajstić information content (AvgIpc) is 3.21. The minimum Gasteiger partial charge on any atom is -0.482 e. The Hall–Kier alpha value is -1.55. The summed E-state index contributed by atoms with van der Waals surface area (Å²) in [6.07, 6.45) is 16.1. The number of carbonyl (C=O) groups excluding carboxylic acids is 1. The highest BCUT2D eigenvalue weighted by atomic mass is 16.6. The van der Waals surface area contributed by atoms with Gasteiger partial charge in [-0.2, -0.15) is 0 Å². The lowest BCUT2D eigenvalue weighted by Gasteiger charge is -2.32. The van der Waals surface area contributed by atoms with E-state index in [-0.39, 0.29) is 19.2 Å². The van der Waals surface area contributed by atoms with Crippen LogP contribution in [0.25, 0.3) is 0 Å². The number of hydrogen-bond acceptors (Lipinski definition) is 4. The van der Waals surface area contributed by atoms with Crippen molar-refractivity contribution in [3.05, 3.63) is 29.3 Å². The van der Waals surface area contributed by atoms with Crippen LogP contribution in [0.15, 0.2) is 18.2 Å². The SMILES string of the molecule is CCC.CCCCCCCCC1CC[C@@H]2Cc3c(cccc3OCC(=O)OC)C[C@H]12.CCO. The van der Waals surface area contributed by atoms with Crippen LogP contribution in [0.4, 0.5) is 0 Å². The molecule has 2 aliphatic carbocycles. The summed E-state index contributed by atoms with van der Waals surface area (Å²) < 4.78 is 10.5. The van der Waals surface area contributed by atoms with Crippen LogP contribution in [0, 0.1) is 17.8 Å². The summed E-state index contributed by atoms with van der Waals surface area (Å²) in [7, 11) is 1.40. The van der Waals surface area contributed by atoms with Gasteiger partial charge >= 0.3 is 5.97 Å². The van der Waals surface area contributed by atoms with Gasteiger partial charge in [0.1, 0.15) is 5.75 Å². The highest BCUT2D eigenvalue weighted by Crippen LogP contribution is 2.48. The molecule has 2 aliphatic rings. The number of unbranched alkanes of at least 4 members (excludes halogenated alkanes) is 5. The number of carbonyl (C=O) groups is 1. The molecule has 0 bridgehead atoms. The smallest absolute Gasteiger partial charge is 0.343 e. The van der Waals surface area contributed by atoms with E-state index in [1.165, 1.54) is 88.9 Å². The standard InChI is InChI=1S/C24H36O3.C3H8.C2H6O/c1-3-4-5-6-7-8-10-18-13-14-20-16-22-19(15-21(18)20)11-9-12-23(22)27-17-24(25)26-2;1-3-2;1-2-3/h9,11-12,18,20-21H,3-8,10,13-17H2,1-2H3;3H2,1-2H3;3H,2H2,1H3/t18?,20-,21-;;/m1../s1. The van der Waals surface area contributed by atoms with Crippen LogP contribution in [0.3, 0.4) is 0 Å². The van der Waals surface area contributed by atoms with E-state index < -0.39 is 0 Å². The number of aliphatic hydroxyl groups is 1. The van der Waals surface area contributed by atoms with E-state index in [1.807, 2.05) is 6.07 Å². The predicted molar refractivity (Wildman–Crippen MR) is 138 cm³/mol. The van der Waals surface area contributed by atoms with E-state index in [0.29, 0.717) is 0 Å². The third-order valence-electron chi connectivity index (χ3n) is 6.77. The lowest BCUT2D eigenvalue weighted by molar-refractivity contribution is -0.142. The van der Waals surface area contributed by atoms with Crippen molar-refractivity contribution in [1.82, 2.24) is 0 Å². The topological polar surface area (TPSA) is 55.8 Å². The second-order valence-corrected chi connectivity index (χ2v) is 9.51. The Morgan fingerprint density at radius 1 is 1.00 bits per heavy atom. The third-order valence-corrected chi connectivity index (χ3v) is 6.77. The fourth-order valence-electron chi connectivity index (χ4n) is 5.25. The lowest BCUT2D eigenvalue weighted by Crippen LogP contribution is -2.26. The van der Waals surface area contributed by atoms with E-state index in [0.717, 1.165) is 29.9 Å². The number of fused-ring (bicyclic) bond motifs is 2. The Kier molecular flexibility index (Phi) is 16.0. The Labute approximate surface area is 203 Å². The molecule has 0 spiro atoms. The van der Waals surface area contributed by atoms with Crippen molar-refractivity contribution >= 4 is 5.97 Å². The van der Waals surface area contributed by atoms with Gasteiger partial charge in [-0.1, -0.05) is 84.3 Å². The molecule has 3 rings (SSSR count). The molecule has 190 valence electrons. The number of benzene rings is 1. The van der Waals surface area contributed by atoms with Gasteiger partial charge in [-0.3, -0.25) is 0 Å². The molecule has 0 saturated heterocycles. The van der Waals surface area contributed by atoms with Gasteiger partial charge in [0, 0.05) is 6.61 Å². The van der Waals surface area contributed by atoms with Crippen molar-refractivity contribution < 1.29 is 19.4 Å². The monoisotopic (exact) mass is 462 g/mol. The second kappa shape index (κ2) is 17.9.